The third-order valence-electron chi connectivity index (χ3n) is 5.00. The molecule has 3 aromatic carbocycles. The van der Waals surface area contributed by atoms with E-state index in [-0.39, 0.29) is 0 Å². The van der Waals surface area contributed by atoms with Crippen LogP contribution in [0.3, 0.4) is 0 Å². The molecule has 0 atom stereocenters. The maximum absolute atomic E-state index is 8.82. The molecule has 0 bridgehead atoms. The fourth-order valence-electron chi connectivity index (χ4n) is 3.51. The van der Waals surface area contributed by atoms with Gasteiger partial charge in [-0.2, -0.15) is 5.26 Å². The Morgan fingerprint density at radius 2 is 1.86 bits per heavy atom. The molecule has 1 aliphatic heterocycles. The lowest BCUT2D eigenvalue weighted by atomic mass is 9.83. The average Bonchev–Trinajstić information content (AvgIpc) is 2.73. The van der Waals surface area contributed by atoms with Crippen molar-refractivity contribution in [2.24, 2.45) is 0 Å². The molecule has 3 nitrogen and oxygen atoms in total. The normalized spacial score (nSPS) is 11.7. The first-order chi connectivity index (χ1) is 13.8. The van der Waals surface area contributed by atoms with Crippen molar-refractivity contribution in [3.63, 3.8) is 0 Å². The molecule has 1 heterocycles. The molecule has 0 fully saturated rings. The molecule has 0 amide bonds. The zero-order valence-electron chi connectivity index (χ0n) is 15.9. The Hall–Kier alpha value is -3.03. The van der Waals surface area contributed by atoms with Gasteiger partial charge in [0.2, 0.25) is 0 Å². The second-order valence-corrected chi connectivity index (χ2v) is 6.97. The van der Waals surface area contributed by atoms with Crippen LogP contribution in [-0.4, -0.2) is 7.48 Å². The molecule has 137 valence electrons. The summed E-state index contributed by atoms with van der Waals surface area (Å²) in [6.07, 6.45) is 1.43. The highest BCUT2D eigenvalue weighted by Crippen LogP contribution is 2.37. The maximum Gasteiger partial charge on any atom is 0.330 e. The van der Waals surface area contributed by atoms with Crippen molar-refractivity contribution in [2.75, 3.05) is 0 Å². The Morgan fingerprint density at radius 3 is 2.71 bits per heavy atom. The van der Waals surface area contributed by atoms with Crippen LogP contribution in [0.25, 0.3) is 11.1 Å². The number of nitriles is 1. The van der Waals surface area contributed by atoms with Gasteiger partial charge in [-0.3, -0.25) is 0 Å². The molecule has 0 N–H and O–H groups in total. The minimum Gasteiger partial charge on any atom is -0.488 e. The highest BCUT2D eigenvalue weighted by Gasteiger charge is 2.18. The van der Waals surface area contributed by atoms with Crippen LogP contribution in [0.15, 0.2) is 60.7 Å². The molecule has 0 aromatic heterocycles. The van der Waals surface area contributed by atoms with E-state index in [2.05, 4.69) is 49.4 Å². The van der Waals surface area contributed by atoms with Gasteiger partial charge in [0.15, 0.2) is 0 Å². The van der Waals surface area contributed by atoms with Crippen molar-refractivity contribution in [1.82, 2.24) is 0 Å². The van der Waals surface area contributed by atoms with Gasteiger partial charge in [0.05, 0.1) is 19.1 Å². The van der Waals surface area contributed by atoms with Crippen molar-refractivity contribution in [3.05, 3.63) is 82.9 Å². The van der Waals surface area contributed by atoms with E-state index in [0.29, 0.717) is 19.6 Å². The van der Waals surface area contributed by atoms with Crippen molar-refractivity contribution in [2.45, 2.75) is 33.0 Å². The summed E-state index contributed by atoms with van der Waals surface area (Å²) >= 11 is 0. The van der Waals surface area contributed by atoms with E-state index < -0.39 is 0 Å². The number of rotatable bonds is 6. The van der Waals surface area contributed by atoms with Crippen LogP contribution in [0.1, 0.15) is 29.2 Å². The number of fused-ring (bicyclic) bond motifs is 3. The molecule has 0 aliphatic carbocycles. The Kier molecular flexibility index (Phi) is 5.46. The standard InChI is InChI=1S/C24H21BNO2/c1-2-17-6-8-23-22-9-7-21(14-20(22)16-27-24(23)13-17)25-28-15-19-5-3-4-18(12-19)10-11-26/h3-9,12-14H,2,10,15-16H2,1H3. The average molecular weight is 366 g/mol. The van der Waals surface area contributed by atoms with Crippen LogP contribution in [0.4, 0.5) is 0 Å². The Labute approximate surface area is 166 Å². The zero-order chi connectivity index (χ0) is 19.3. The van der Waals surface area contributed by atoms with Gasteiger partial charge in [0.1, 0.15) is 12.4 Å². The predicted molar refractivity (Wildman–Crippen MR) is 112 cm³/mol. The van der Waals surface area contributed by atoms with E-state index in [0.717, 1.165) is 34.3 Å². The summed E-state index contributed by atoms with van der Waals surface area (Å²) in [4.78, 5) is 0. The Balaban J connectivity index is 1.44. The minimum atomic E-state index is 0.420. The van der Waals surface area contributed by atoms with E-state index in [1.165, 1.54) is 16.7 Å². The topological polar surface area (TPSA) is 42.2 Å². The number of hydrogen-bond acceptors (Lipinski definition) is 3. The molecular formula is C24H21BNO2. The van der Waals surface area contributed by atoms with Crippen molar-refractivity contribution in [1.29, 1.82) is 5.26 Å². The van der Waals surface area contributed by atoms with Crippen molar-refractivity contribution >= 4 is 12.9 Å². The molecule has 4 rings (SSSR count). The maximum atomic E-state index is 8.82. The highest BCUT2D eigenvalue weighted by atomic mass is 16.5. The third kappa shape index (κ3) is 3.95. The van der Waals surface area contributed by atoms with E-state index in [1.54, 1.807) is 7.48 Å². The molecule has 4 heteroatoms. The van der Waals surface area contributed by atoms with Gasteiger partial charge in [-0.05, 0) is 40.3 Å². The summed E-state index contributed by atoms with van der Waals surface area (Å²) in [6, 6.07) is 22.9. The number of nitrogens with zero attached hydrogens (tertiary/aromatic N) is 1. The Morgan fingerprint density at radius 1 is 1.00 bits per heavy atom. The summed E-state index contributed by atoms with van der Waals surface area (Å²) < 4.78 is 11.8. The van der Waals surface area contributed by atoms with Crippen LogP contribution >= 0.6 is 0 Å². The highest BCUT2D eigenvalue weighted by molar-refractivity contribution is 6.47. The number of benzene rings is 3. The molecule has 3 aromatic rings. The van der Waals surface area contributed by atoms with Crippen LogP contribution < -0.4 is 10.2 Å². The lowest BCUT2D eigenvalue weighted by molar-refractivity contribution is 0.302. The summed E-state index contributed by atoms with van der Waals surface area (Å²) in [5.41, 5.74) is 7.93. The van der Waals surface area contributed by atoms with Gasteiger partial charge < -0.3 is 9.39 Å². The van der Waals surface area contributed by atoms with Gasteiger partial charge in [-0.15, -0.1) is 0 Å². The smallest absolute Gasteiger partial charge is 0.330 e. The van der Waals surface area contributed by atoms with Gasteiger partial charge in [0, 0.05) is 5.56 Å². The van der Waals surface area contributed by atoms with Crippen molar-refractivity contribution in [3.8, 4) is 22.9 Å². The molecule has 1 radical (unpaired) electrons. The van der Waals surface area contributed by atoms with E-state index in [9.17, 15) is 0 Å². The molecule has 0 saturated carbocycles. The number of aryl methyl sites for hydroxylation is 1. The molecule has 0 unspecified atom stereocenters. The summed E-state index contributed by atoms with van der Waals surface area (Å²) in [5, 5.41) is 8.82. The first-order valence-corrected chi connectivity index (χ1v) is 9.55. The minimum absolute atomic E-state index is 0.420. The first kappa shape index (κ1) is 18.3. The fraction of sp³-hybridized carbons (Fsp3) is 0.208. The summed E-state index contributed by atoms with van der Waals surface area (Å²) in [6.45, 7) is 3.21. The fourth-order valence-corrected chi connectivity index (χ4v) is 3.51. The molecule has 28 heavy (non-hydrogen) atoms. The molecule has 0 spiro atoms. The van der Waals surface area contributed by atoms with Gasteiger partial charge in [-0.25, -0.2) is 0 Å². The van der Waals surface area contributed by atoms with Crippen LogP contribution in [0, 0.1) is 11.3 Å². The molecule has 0 saturated heterocycles. The molecule has 1 aliphatic rings. The second kappa shape index (κ2) is 8.33. The first-order valence-electron chi connectivity index (χ1n) is 9.55. The number of hydrogen-bond donors (Lipinski definition) is 0. The largest absolute Gasteiger partial charge is 0.488 e. The monoisotopic (exact) mass is 366 g/mol. The Bertz CT molecular complexity index is 1040. The quantitative estimate of drug-likeness (QED) is 0.610. The van der Waals surface area contributed by atoms with Crippen molar-refractivity contribution < 1.29 is 9.39 Å². The predicted octanol–water partition coefficient (Wildman–Crippen LogP) is 4.34. The molecular weight excluding hydrogens is 345 g/mol. The lowest BCUT2D eigenvalue weighted by Gasteiger charge is -2.22. The number of ether oxygens (including phenoxy) is 1. The van der Waals surface area contributed by atoms with Crippen LogP contribution in [0.5, 0.6) is 5.75 Å². The second-order valence-electron chi connectivity index (χ2n) is 6.97. The third-order valence-corrected chi connectivity index (χ3v) is 5.00. The van der Waals surface area contributed by atoms with Gasteiger partial charge >= 0.3 is 7.48 Å². The summed E-state index contributed by atoms with van der Waals surface area (Å²) in [5.74, 6) is 0.970. The van der Waals surface area contributed by atoms with Gasteiger partial charge in [-0.1, -0.05) is 67.0 Å². The van der Waals surface area contributed by atoms with Gasteiger partial charge in [0.25, 0.3) is 0 Å². The SMILES string of the molecule is CCc1ccc2c(c1)OCc1cc([B]OCc3cccc(CC#N)c3)ccc1-2. The van der Waals surface area contributed by atoms with E-state index >= 15 is 0 Å². The van der Waals surface area contributed by atoms with E-state index in [4.69, 9.17) is 14.7 Å². The zero-order valence-corrected chi connectivity index (χ0v) is 15.9. The van der Waals surface area contributed by atoms with E-state index in [1.807, 2.05) is 24.3 Å². The van der Waals surface area contributed by atoms with Crippen LogP contribution in [-0.2, 0) is 30.7 Å². The lowest BCUT2D eigenvalue weighted by Crippen LogP contribution is -2.19. The summed E-state index contributed by atoms with van der Waals surface area (Å²) in [7, 11) is 1.78. The van der Waals surface area contributed by atoms with Crippen LogP contribution in [0.2, 0.25) is 0 Å².